The van der Waals surface area contributed by atoms with Crippen molar-refractivity contribution in [1.82, 2.24) is 15.3 Å². The van der Waals surface area contributed by atoms with Crippen molar-refractivity contribution >= 4 is 17.3 Å². The zero-order valence-corrected chi connectivity index (χ0v) is 21.2. The Morgan fingerprint density at radius 2 is 2.03 bits per heavy atom. The van der Waals surface area contributed by atoms with Crippen LogP contribution < -0.4 is 20.1 Å². The first-order valence-corrected chi connectivity index (χ1v) is 12.8. The van der Waals surface area contributed by atoms with E-state index in [1.807, 2.05) is 6.07 Å². The Morgan fingerprint density at radius 3 is 2.89 bits per heavy atom. The number of ether oxygens (including phenoxy) is 3. The van der Waals surface area contributed by atoms with E-state index in [4.69, 9.17) is 14.2 Å². The van der Waals surface area contributed by atoms with Crippen molar-refractivity contribution in [3.63, 3.8) is 0 Å². The molecule has 0 spiro atoms. The van der Waals surface area contributed by atoms with Crippen molar-refractivity contribution in [1.29, 1.82) is 0 Å². The number of methoxy groups -OCH3 is 1. The Balaban J connectivity index is 1.64. The number of para-hydroxylation sites is 1. The standard InChI is InChI=1S/C28H33FN4O4/c1-17-9-13-36-12-4-5-18-15-31-28(34)23-24(18)33-25(19-8-11-30-16-22(19)37-14-10-17)26(23)32-21-7-3-6-20(29)27(21)35-2/h3,6-8,11,16-18,32-33H,4-5,9-10,12-15H2,1-2H3,(H,31,34). The summed E-state index contributed by atoms with van der Waals surface area (Å²) in [6.45, 7) is 4.67. The zero-order valence-electron chi connectivity index (χ0n) is 21.2. The molecule has 2 unspecified atom stereocenters. The molecule has 2 aliphatic heterocycles. The number of carbonyl (C=O) groups excluding carboxylic acids is 1. The van der Waals surface area contributed by atoms with E-state index < -0.39 is 5.82 Å². The monoisotopic (exact) mass is 508 g/mol. The smallest absolute Gasteiger partial charge is 0.255 e. The third-order valence-corrected chi connectivity index (χ3v) is 7.12. The maximum Gasteiger partial charge on any atom is 0.255 e. The molecule has 2 atom stereocenters. The number of benzene rings is 1. The Bertz CT molecular complexity index is 1260. The number of aromatic nitrogens is 2. The number of H-pyrrole nitrogens is 1. The van der Waals surface area contributed by atoms with Gasteiger partial charge in [0.1, 0.15) is 5.75 Å². The minimum Gasteiger partial charge on any atom is -0.492 e. The average Bonchev–Trinajstić information content (AvgIpc) is 3.27. The zero-order chi connectivity index (χ0) is 25.8. The summed E-state index contributed by atoms with van der Waals surface area (Å²) in [5, 5.41) is 6.35. The molecule has 196 valence electrons. The highest BCUT2D eigenvalue weighted by Crippen LogP contribution is 2.44. The highest BCUT2D eigenvalue weighted by molar-refractivity contribution is 6.07. The number of nitrogens with one attached hydrogen (secondary N) is 3. The minimum atomic E-state index is -0.492. The average molecular weight is 509 g/mol. The number of halogens is 1. The second-order valence-corrected chi connectivity index (χ2v) is 9.67. The molecule has 3 N–H and O–H groups in total. The van der Waals surface area contributed by atoms with Crippen molar-refractivity contribution in [2.24, 2.45) is 5.92 Å². The van der Waals surface area contributed by atoms with Crippen LogP contribution in [0.1, 0.15) is 54.6 Å². The highest BCUT2D eigenvalue weighted by atomic mass is 19.1. The fourth-order valence-corrected chi connectivity index (χ4v) is 5.02. The molecule has 8 nitrogen and oxygen atoms in total. The van der Waals surface area contributed by atoms with Crippen molar-refractivity contribution in [3.05, 3.63) is 53.7 Å². The van der Waals surface area contributed by atoms with Crippen LogP contribution in [0, 0.1) is 11.7 Å². The third kappa shape index (κ3) is 5.27. The SMILES string of the molecule is COc1c(F)cccc1Nc1c2[nH]c3c1C(=O)NCC3CCCOCCC(C)CCOc1cnccc1-2. The number of fused-ring (bicyclic) bond motifs is 3. The summed E-state index contributed by atoms with van der Waals surface area (Å²) < 4.78 is 32.0. The van der Waals surface area contributed by atoms with Gasteiger partial charge < -0.3 is 29.8 Å². The van der Waals surface area contributed by atoms with Gasteiger partial charge in [0.25, 0.3) is 5.91 Å². The van der Waals surface area contributed by atoms with E-state index in [1.54, 1.807) is 24.5 Å². The van der Waals surface area contributed by atoms with Crippen molar-refractivity contribution < 1.29 is 23.4 Å². The molecule has 37 heavy (non-hydrogen) atoms. The quantitative estimate of drug-likeness (QED) is 0.438. The first-order chi connectivity index (χ1) is 18.1. The van der Waals surface area contributed by atoms with E-state index in [0.717, 1.165) is 43.5 Å². The number of nitrogens with zero attached hydrogens (tertiary/aromatic N) is 1. The number of hydrogen-bond donors (Lipinski definition) is 3. The van der Waals surface area contributed by atoms with Crippen LogP contribution in [0.3, 0.4) is 0 Å². The lowest BCUT2D eigenvalue weighted by Gasteiger charge is -2.24. The molecule has 2 aromatic heterocycles. The van der Waals surface area contributed by atoms with Crippen LogP contribution in [-0.2, 0) is 4.74 Å². The van der Waals surface area contributed by atoms with Gasteiger partial charge in [-0.15, -0.1) is 0 Å². The first-order valence-electron chi connectivity index (χ1n) is 12.8. The molecule has 0 fully saturated rings. The van der Waals surface area contributed by atoms with Crippen LogP contribution in [0.15, 0.2) is 36.7 Å². The number of carbonyl (C=O) groups is 1. The van der Waals surface area contributed by atoms with E-state index in [1.165, 1.54) is 13.2 Å². The van der Waals surface area contributed by atoms with Crippen molar-refractivity contribution in [2.45, 2.75) is 38.5 Å². The van der Waals surface area contributed by atoms with E-state index in [0.29, 0.717) is 54.1 Å². The van der Waals surface area contributed by atoms with Crippen LogP contribution in [0.5, 0.6) is 11.5 Å². The van der Waals surface area contributed by atoms with Crippen LogP contribution in [0.2, 0.25) is 0 Å². The summed E-state index contributed by atoms with van der Waals surface area (Å²) in [6, 6.07) is 6.53. The predicted octanol–water partition coefficient (Wildman–Crippen LogP) is 5.40. The molecule has 1 aromatic carbocycles. The topological polar surface area (TPSA) is 97.5 Å². The molecule has 3 aromatic rings. The van der Waals surface area contributed by atoms with Gasteiger partial charge in [0.2, 0.25) is 0 Å². The van der Waals surface area contributed by atoms with Gasteiger partial charge in [-0.05, 0) is 49.8 Å². The van der Waals surface area contributed by atoms with Crippen LogP contribution in [-0.4, -0.2) is 49.4 Å². The summed E-state index contributed by atoms with van der Waals surface area (Å²) in [6.07, 6.45) is 6.99. The Kier molecular flexibility index (Phi) is 7.60. The van der Waals surface area contributed by atoms with E-state index in [9.17, 15) is 9.18 Å². The Labute approximate surface area is 215 Å². The molecule has 2 bridgehead atoms. The molecule has 5 rings (SSSR count). The van der Waals surface area contributed by atoms with Gasteiger partial charge in [-0.3, -0.25) is 9.78 Å². The van der Waals surface area contributed by atoms with E-state index >= 15 is 0 Å². The number of amides is 1. The third-order valence-electron chi connectivity index (χ3n) is 7.12. The van der Waals surface area contributed by atoms with Gasteiger partial charge in [-0.1, -0.05) is 13.0 Å². The largest absolute Gasteiger partial charge is 0.492 e. The molecular formula is C28H33FN4O4. The van der Waals surface area contributed by atoms with Gasteiger partial charge in [-0.2, -0.15) is 0 Å². The van der Waals surface area contributed by atoms with Gasteiger partial charge in [0.05, 0.1) is 42.5 Å². The summed E-state index contributed by atoms with van der Waals surface area (Å²) in [7, 11) is 1.42. The number of pyridine rings is 1. The lowest BCUT2D eigenvalue weighted by atomic mass is 9.92. The number of rotatable bonds is 3. The maximum atomic E-state index is 14.5. The normalized spacial score (nSPS) is 20.4. The molecule has 4 heterocycles. The van der Waals surface area contributed by atoms with E-state index in [2.05, 4.69) is 27.5 Å². The lowest BCUT2D eigenvalue weighted by molar-refractivity contribution is 0.0935. The minimum absolute atomic E-state index is 0.0758. The molecule has 0 saturated carbocycles. The Morgan fingerprint density at radius 1 is 1.16 bits per heavy atom. The number of aromatic amines is 1. The first kappa shape index (κ1) is 25.1. The van der Waals surface area contributed by atoms with Crippen LogP contribution in [0.25, 0.3) is 11.3 Å². The summed E-state index contributed by atoms with van der Waals surface area (Å²) in [5.41, 5.74) is 3.79. The number of anilines is 2. The predicted molar refractivity (Wildman–Crippen MR) is 139 cm³/mol. The second-order valence-electron chi connectivity index (χ2n) is 9.67. The van der Waals surface area contributed by atoms with Gasteiger partial charge >= 0.3 is 0 Å². The van der Waals surface area contributed by atoms with Gasteiger partial charge in [0.15, 0.2) is 11.6 Å². The maximum absolute atomic E-state index is 14.5. The van der Waals surface area contributed by atoms with Crippen molar-refractivity contribution in [2.75, 3.05) is 38.8 Å². The fourth-order valence-electron chi connectivity index (χ4n) is 5.02. The summed E-state index contributed by atoms with van der Waals surface area (Å²) >= 11 is 0. The molecular weight excluding hydrogens is 475 g/mol. The fraction of sp³-hybridized carbons (Fsp3) is 0.429. The van der Waals surface area contributed by atoms with Gasteiger partial charge in [0, 0.05) is 43.1 Å². The highest BCUT2D eigenvalue weighted by Gasteiger charge is 2.33. The Hall–Kier alpha value is -3.59. The van der Waals surface area contributed by atoms with Gasteiger partial charge in [-0.25, -0.2) is 4.39 Å². The summed E-state index contributed by atoms with van der Waals surface area (Å²) in [5.74, 6) is 0.554. The molecule has 0 radical (unpaired) electrons. The second kappa shape index (κ2) is 11.2. The molecule has 0 saturated heterocycles. The lowest BCUT2D eigenvalue weighted by Crippen LogP contribution is -2.35. The molecule has 1 amide bonds. The van der Waals surface area contributed by atoms with Crippen LogP contribution in [0.4, 0.5) is 15.8 Å². The summed E-state index contributed by atoms with van der Waals surface area (Å²) in [4.78, 5) is 21.1. The van der Waals surface area contributed by atoms with Crippen molar-refractivity contribution in [3.8, 4) is 22.8 Å². The number of hydrogen-bond acceptors (Lipinski definition) is 6. The van der Waals surface area contributed by atoms with E-state index in [-0.39, 0.29) is 17.6 Å². The van der Waals surface area contributed by atoms with Crippen LogP contribution >= 0.6 is 0 Å². The molecule has 2 aliphatic rings. The molecule has 9 heteroatoms. The molecule has 0 aliphatic carbocycles.